The first-order valence-corrected chi connectivity index (χ1v) is 7.98. The van der Waals surface area contributed by atoms with Crippen molar-refractivity contribution in [3.63, 3.8) is 0 Å². The Labute approximate surface area is 147 Å². The molecule has 138 valence electrons. The van der Waals surface area contributed by atoms with Crippen molar-refractivity contribution in [1.82, 2.24) is 5.32 Å². The molecule has 1 saturated carbocycles. The first-order valence-electron chi connectivity index (χ1n) is 7.98. The highest BCUT2D eigenvalue weighted by atomic mass is 16.6. The van der Waals surface area contributed by atoms with E-state index in [-0.39, 0.29) is 5.92 Å². The molecule has 1 fully saturated rings. The normalized spacial score (nSPS) is 21.9. The van der Waals surface area contributed by atoms with Crippen LogP contribution in [-0.4, -0.2) is 44.5 Å². The number of carbonyl (C=O) groups is 2. The van der Waals surface area contributed by atoms with Crippen LogP contribution in [0, 0.1) is 0 Å². The minimum absolute atomic E-state index is 0.229. The molecule has 1 aromatic carbocycles. The molecule has 1 N–H and O–H groups in total. The molecule has 0 bridgehead atoms. The zero-order chi connectivity index (χ0) is 18.8. The van der Waals surface area contributed by atoms with Crippen LogP contribution >= 0.6 is 0 Å². The Morgan fingerprint density at radius 2 is 1.76 bits per heavy atom. The van der Waals surface area contributed by atoms with Crippen LogP contribution in [0.2, 0.25) is 0 Å². The van der Waals surface area contributed by atoms with Crippen LogP contribution in [0.5, 0.6) is 11.5 Å². The molecule has 7 heteroatoms. The molecule has 25 heavy (non-hydrogen) atoms. The van der Waals surface area contributed by atoms with Gasteiger partial charge in [0.2, 0.25) is 0 Å². The third kappa shape index (κ3) is 3.97. The fourth-order valence-electron chi connectivity index (χ4n) is 2.82. The molecule has 0 saturated heterocycles. The lowest BCUT2D eigenvalue weighted by atomic mass is 10.1. The number of amides is 1. The first kappa shape index (κ1) is 18.9. The summed E-state index contributed by atoms with van der Waals surface area (Å²) in [6.07, 6.45) is -0.227. The smallest absolute Gasteiger partial charge is 0.408 e. The van der Waals surface area contributed by atoms with E-state index in [1.165, 1.54) is 7.11 Å². The zero-order valence-corrected chi connectivity index (χ0v) is 15.5. The fraction of sp³-hybridized carbons (Fsp3) is 0.556. The van der Waals surface area contributed by atoms with E-state index >= 15 is 0 Å². The van der Waals surface area contributed by atoms with Crippen molar-refractivity contribution in [1.29, 1.82) is 0 Å². The molecule has 1 amide bonds. The van der Waals surface area contributed by atoms with Crippen LogP contribution in [0.1, 0.15) is 38.7 Å². The molecular weight excluding hydrogens is 326 g/mol. The summed E-state index contributed by atoms with van der Waals surface area (Å²) in [6.45, 7) is 5.28. The van der Waals surface area contributed by atoms with Crippen LogP contribution < -0.4 is 14.8 Å². The molecule has 2 rings (SSSR count). The number of ether oxygens (including phenoxy) is 4. The Kier molecular flexibility index (Phi) is 5.15. The number of alkyl carbamates (subject to hydrolysis) is 1. The molecule has 0 aromatic heterocycles. The quantitative estimate of drug-likeness (QED) is 0.821. The van der Waals surface area contributed by atoms with Gasteiger partial charge in [-0.1, -0.05) is 6.07 Å². The summed E-state index contributed by atoms with van der Waals surface area (Å²) in [7, 11) is 4.39. The SMILES string of the molecule is COC(=O)C1(NC(=O)OC(C)(C)C)CC1c1ccc(OC)c(OC)c1. The van der Waals surface area contributed by atoms with Gasteiger partial charge in [0, 0.05) is 5.92 Å². The van der Waals surface area contributed by atoms with E-state index in [2.05, 4.69) is 5.32 Å². The Morgan fingerprint density at radius 3 is 2.28 bits per heavy atom. The largest absolute Gasteiger partial charge is 0.493 e. The molecule has 1 aliphatic carbocycles. The second-order valence-electron chi connectivity index (χ2n) is 6.96. The molecule has 1 aromatic rings. The van der Waals surface area contributed by atoms with Crippen LogP contribution in [0.25, 0.3) is 0 Å². The van der Waals surface area contributed by atoms with Crippen LogP contribution in [-0.2, 0) is 14.3 Å². The third-order valence-electron chi connectivity index (χ3n) is 4.04. The predicted molar refractivity (Wildman–Crippen MR) is 91.0 cm³/mol. The average molecular weight is 351 g/mol. The van der Waals surface area contributed by atoms with E-state index in [1.54, 1.807) is 47.1 Å². The number of benzene rings is 1. The topological polar surface area (TPSA) is 83.1 Å². The first-order chi connectivity index (χ1) is 11.7. The number of rotatable bonds is 5. The van der Waals surface area contributed by atoms with Crippen LogP contribution in [0.15, 0.2) is 18.2 Å². The standard InChI is InChI=1S/C18H25NO6/c1-17(2,3)25-16(21)19-18(15(20)24-6)10-12(18)11-7-8-13(22-4)14(9-11)23-5/h7-9,12H,10H2,1-6H3,(H,19,21). The fourth-order valence-corrected chi connectivity index (χ4v) is 2.82. The van der Waals surface area contributed by atoms with E-state index < -0.39 is 23.2 Å². The highest BCUT2D eigenvalue weighted by Crippen LogP contribution is 2.53. The predicted octanol–water partition coefficient (Wildman–Crippen LogP) is 2.63. The van der Waals surface area contributed by atoms with Gasteiger partial charge in [0.1, 0.15) is 11.1 Å². The average Bonchev–Trinajstić information content (AvgIpc) is 3.26. The second kappa shape index (κ2) is 6.82. The molecule has 1 aliphatic rings. The zero-order valence-electron chi connectivity index (χ0n) is 15.5. The highest BCUT2D eigenvalue weighted by Gasteiger charge is 2.63. The van der Waals surface area contributed by atoms with Gasteiger partial charge in [0.25, 0.3) is 0 Å². The van der Waals surface area contributed by atoms with Gasteiger partial charge in [0.05, 0.1) is 21.3 Å². The van der Waals surface area contributed by atoms with E-state index in [0.29, 0.717) is 17.9 Å². The maximum atomic E-state index is 12.3. The second-order valence-corrected chi connectivity index (χ2v) is 6.96. The van der Waals surface area contributed by atoms with Crippen molar-refractivity contribution >= 4 is 12.1 Å². The van der Waals surface area contributed by atoms with Gasteiger partial charge < -0.3 is 24.3 Å². The van der Waals surface area contributed by atoms with Crippen LogP contribution in [0.4, 0.5) is 4.79 Å². The summed E-state index contributed by atoms with van der Waals surface area (Å²) in [6, 6.07) is 5.40. The van der Waals surface area contributed by atoms with E-state index in [0.717, 1.165) is 5.56 Å². The molecule has 7 nitrogen and oxygen atoms in total. The van der Waals surface area contributed by atoms with Gasteiger partial charge >= 0.3 is 12.1 Å². The lowest BCUT2D eigenvalue weighted by molar-refractivity contribution is -0.144. The minimum Gasteiger partial charge on any atom is -0.493 e. The number of carbonyl (C=O) groups excluding carboxylic acids is 2. The molecule has 2 unspecified atom stereocenters. The molecule has 0 radical (unpaired) electrons. The molecule has 2 atom stereocenters. The van der Waals surface area contributed by atoms with Gasteiger partial charge in [-0.15, -0.1) is 0 Å². The molecule has 0 heterocycles. The van der Waals surface area contributed by atoms with Gasteiger partial charge in [-0.25, -0.2) is 9.59 Å². The van der Waals surface area contributed by atoms with Crippen molar-refractivity contribution in [2.24, 2.45) is 0 Å². The highest BCUT2D eigenvalue weighted by molar-refractivity contribution is 5.91. The van der Waals surface area contributed by atoms with Crippen molar-refractivity contribution in [3.8, 4) is 11.5 Å². The molecule has 0 spiro atoms. The van der Waals surface area contributed by atoms with Gasteiger partial charge in [-0.3, -0.25) is 0 Å². The van der Waals surface area contributed by atoms with Crippen molar-refractivity contribution in [2.45, 2.75) is 44.2 Å². The number of hydrogen-bond acceptors (Lipinski definition) is 6. The Hall–Kier alpha value is -2.44. The van der Waals surface area contributed by atoms with E-state index in [1.807, 2.05) is 6.07 Å². The van der Waals surface area contributed by atoms with Gasteiger partial charge in [-0.2, -0.15) is 0 Å². The van der Waals surface area contributed by atoms with Crippen molar-refractivity contribution < 1.29 is 28.5 Å². The maximum Gasteiger partial charge on any atom is 0.408 e. The van der Waals surface area contributed by atoms with E-state index in [9.17, 15) is 9.59 Å². The summed E-state index contributed by atoms with van der Waals surface area (Å²) in [4.78, 5) is 24.5. The summed E-state index contributed by atoms with van der Waals surface area (Å²) in [5.74, 6) is 0.420. The number of nitrogens with one attached hydrogen (secondary N) is 1. The summed E-state index contributed by atoms with van der Waals surface area (Å²) >= 11 is 0. The Morgan fingerprint density at radius 1 is 1.12 bits per heavy atom. The molecular formula is C18H25NO6. The van der Waals surface area contributed by atoms with Crippen molar-refractivity contribution in [3.05, 3.63) is 23.8 Å². The Bertz CT molecular complexity index is 666. The van der Waals surface area contributed by atoms with Gasteiger partial charge in [0.15, 0.2) is 11.5 Å². The Balaban J connectivity index is 2.25. The number of esters is 1. The monoisotopic (exact) mass is 351 g/mol. The third-order valence-corrected chi connectivity index (χ3v) is 4.04. The van der Waals surface area contributed by atoms with E-state index in [4.69, 9.17) is 18.9 Å². The summed E-state index contributed by atoms with van der Waals surface area (Å²) in [5.41, 5.74) is -0.940. The summed E-state index contributed by atoms with van der Waals surface area (Å²) in [5, 5.41) is 2.68. The van der Waals surface area contributed by atoms with Crippen LogP contribution in [0.3, 0.4) is 0 Å². The van der Waals surface area contributed by atoms with Gasteiger partial charge in [-0.05, 0) is 44.9 Å². The number of hydrogen-bond donors (Lipinski definition) is 1. The lowest BCUT2D eigenvalue weighted by Crippen LogP contribution is -2.47. The summed E-state index contributed by atoms with van der Waals surface area (Å²) < 4.78 is 20.7. The van der Waals surface area contributed by atoms with Crippen molar-refractivity contribution in [2.75, 3.05) is 21.3 Å². The maximum absolute atomic E-state index is 12.3. The molecule has 0 aliphatic heterocycles. The minimum atomic E-state index is -1.13. The lowest BCUT2D eigenvalue weighted by Gasteiger charge is -2.23. The number of methoxy groups -OCH3 is 3.